The van der Waals surface area contributed by atoms with Gasteiger partial charge in [0.05, 0.1) is 12.1 Å². The van der Waals surface area contributed by atoms with Crippen LogP contribution < -0.4 is 9.47 Å². The van der Waals surface area contributed by atoms with Crippen LogP contribution in [0.2, 0.25) is 0 Å². The van der Waals surface area contributed by atoms with Gasteiger partial charge in [0.25, 0.3) is 0 Å². The van der Waals surface area contributed by atoms with E-state index in [-0.39, 0.29) is 18.9 Å². The Kier molecular flexibility index (Phi) is 8.66. The smallest absolute Gasteiger partial charge is 0.231 e. The Morgan fingerprint density at radius 2 is 1.63 bits per heavy atom. The molecular formula is C35H41N3O3. The Morgan fingerprint density at radius 3 is 2.39 bits per heavy atom. The van der Waals surface area contributed by atoms with Gasteiger partial charge in [0.1, 0.15) is 11.6 Å². The second-order valence-electron chi connectivity index (χ2n) is 11.7. The molecule has 3 aliphatic rings. The molecule has 1 saturated carbocycles. The van der Waals surface area contributed by atoms with E-state index in [9.17, 15) is 4.79 Å². The van der Waals surface area contributed by atoms with Gasteiger partial charge >= 0.3 is 0 Å². The Balaban J connectivity index is 1.32. The first kappa shape index (κ1) is 27.5. The van der Waals surface area contributed by atoms with Crippen molar-refractivity contribution >= 4 is 11.6 Å². The highest BCUT2D eigenvalue weighted by atomic mass is 16.7. The van der Waals surface area contributed by atoms with Crippen LogP contribution in [0, 0.1) is 5.92 Å². The van der Waals surface area contributed by atoms with E-state index in [2.05, 4.69) is 89.5 Å². The van der Waals surface area contributed by atoms with Gasteiger partial charge in [-0.1, -0.05) is 80.1 Å². The average molecular weight is 552 g/mol. The normalized spacial score (nSPS) is 20.6. The highest BCUT2D eigenvalue weighted by Crippen LogP contribution is 2.36. The van der Waals surface area contributed by atoms with Crippen molar-refractivity contribution in [2.24, 2.45) is 10.9 Å². The van der Waals surface area contributed by atoms with Crippen LogP contribution in [0.15, 0.2) is 83.9 Å². The lowest BCUT2D eigenvalue weighted by Gasteiger charge is -2.37. The van der Waals surface area contributed by atoms with Crippen LogP contribution in [-0.4, -0.2) is 53.9 Å². The summed E-state index contributed by atoms with van der Waals surface area (Å²) in [6.07, 6.45) is 5.64. The first-order chi connectivity index (χ1) is 20.2. The first-order valence-corrected chi connectivity index (χ1v) is 15.3. The molecule has 0 amide bonds. The van der Waals surface area contributed by atoms with Crippen LogP contribution in [0.5, 0.6) is 11.5 Å². The monoisotopic (exact) mass is 551 g/mol. The molecule has 2 aliphatic heterocycles. The molecule has 0 N–H and O–H groups in total. The van der Waals surface area contributed by atoms with Crippen molar-refractivity contribution in [3.05, 3.63) is 95.6 Å². The van der Waals surface area contributed by atoms with Gasteiger partial charge in [-0.05, 0) is 48.4 Å². The molecule has 6 rings (SSSR count). The fraction of sp³-hybridized carbons (Fsp3) is 0.429. The lowest BCUT2D eigenvalue weighted by atomic mass is 9.87. The summed E-state index contributed by atoms with van der Waals surface area (Å²) in [4.78, 5) is 22.7. The maximum atomic E-state index is 12.0. The van der Waals surface area contributed by atoms with Gasteiger partial charge < -0.3 is 14.4 Å². The Hall–Kier alpha value is -3.64. The molecule has 2 atom stereocenters. The largest absolute Gasteiger partial charge is 0.454 e. The number of rotatable bonds is 11. The maximum absolute atomic E-state index is 12.0. The Morgan fingerprint density at radius 1 is 0.902 bits per heavy atom. The van der Waals surface area contributed by atoms with Crippen molar-refractivity contribution in [1.29, 1.82) is 0 Å². The molecular weight excluding hydrogens is 510 g/mol. The van der Waals surface area contributed by atoms with Crippen LogP contribution in [0.3, 0.4) is 0 Å². The number of nitrogens with zero attached hydrogens (tertiary/aromatic N) is 3. The molecule has 2 heterocycles. The van der Waals surface area contributed by atoms with Gasteiger partial charge in [-0.15, -0.1) is 0 Å². The number of Topliss-reactive ketones (excluding diaryl/α,β-unsaturated/α-hetero) is 1. The van der Waals surface area contributed by atoms with E-state index in [1.165, 1.54) is 16.7 Å². The average Bonchev–Trinajstić information content (AvgIpc) is 3.62. The number of ketones is 1. The van der Waals surface area contributed by atoms with E-state index in [0.29, 0.717) is 24.5 Å². The summed E-state index contributed by atoms with van der Waals surface area (Å²) in [7, 11) is 0. The standard InChI is InChI=1S/C35H41N3O3/c1-2-3-20-38-31(34(28-10-6-4-7-11-28)36-35(38)29-12-8-5-9-13-29)24-37(22-26-14-17-30(39)18-15-26)23-27-16-19-32-33(21-27)41-25-40-32/h4-13,16,19,21,26,31,34H,2-3,14-15,17-18,20,22-25H2,1H3. The van der Waals surface area contributed by atoms with E-state index in [1.807, 2.05) is 6.07 Å². The van der Waals surface area contributed by atoms with E-state index < -0.39 is 0 Å². The lowest BCUT2D eigenvalue weighted by Crippen LogP contribution is -2.47. The second-order valence-corrected chi connectivity index (χ2v) is 11.7. The lowest BCUT2D eigenvalue weighted by molar-refractivity contribution is -0.121. The highest BCUT2D eigenvalue weighted by molar-refractivity contribution is 6.00. The molecule has 2 unspecified atom stereocenters. The predicted octanol–water partition coefficient (Wildman–Crippen LogP) is 6.65. The molecule has 214 valence electrons. The summed E-state index contributed by atoms with van der Waals surface area (Å²) in [5.74, 6) is 3.68. The summed E-state index contributed by atoms with van der Waals surface area (Å²) >= 11 is 0. The number of carbonyl (C=O) groups excluding carboxylic acids is 1. The van der Waals surface area contributed by atoms with Crippen molar-refractivity contribution in [2.75, 3.05) is 26.4 Å². The van der Waals surface area contributed by atoms with Crippen molar-refractivity contribution in [1.82, 2.24) is 9.80 Å². The van der Waals surface area contributed by atoms with E-state index in [1.54, 1.807) is 0 Å². The van der Waals surface area contributed by atoms with E-state index in [4.69, 9.17) is 14.5 Å². The van der Waals surface area contributed by atoms with Crippen LogP contribution in [0.25, 0.3) is 0 Å². The summed E-state index contributed by atoms with van der Waals surface area (Å²) in [6.45, 7) is 6.21. The summed E-state index contributed by atoms with van der Waals surface area (Å²) in [6, 6.07) is 28.0. The third-order valence-electron chi connectivity index (χ3n) is 8.69. The van der Waals surface area contributed by atoms with Gasteiger partial charge in [0.2, 0.25) is 6.79 Å². The van der Waals surface area contributed by atoms with Crippen molar-refractivity contribution in [3.63, 3.8) is 0 Å². The number of aliphatic imine (C=N–C) groups is 1. The number of carbonyl (C=O) groups is 1. The van der Waals surface area contributed by atoms with Crippen LogP contribution in [-0.2, 0) is 11.3 Å². The van der Waals surface area contributed by atoms with Crippen LogP contribution in [0.4, 0.5) is 0 Å². The number of unbranched alkanes of at least 4 members (excludes halogenated alkanes) is 1. The van der Waals surface area contributed by atoms with Gasteiger partial charge in [0, 0.05) is 44.6 Å². The van der Waals surface area contributed by atoms with E-state index >= 15 is 0 Å². The highest BCUT2D eigenvalue weighted by Gasteiger charge is 2.38. The third-order valence-corrected chi connectivity index (χ3v) is 8.69. The Labute approximate surface area is 244 Å². The molecule has 6 nitrogen and oxygen atoms in total. The Bertz CT molecular complexity index is 1330. The van der Waals surface area contributed by atoms with Gasteiger partial charge in [0.15, 0.2) is 11.5 Å². The van der Waals surface area contributed by atoms with Gasteiger partial charge in [-0.25, -0.2) is 0 Å². The first-order valence-electron chi connectivity index (χ1n) is 15.3. The number of amidine groups is 1. The van der Waals surface area contributed by atoms with Gasteiger partial charge in [-0.3, -0.25) is 14.7 Å². The zero-order valence-corrected chi connectivity index (χ0v) is 24.1. The molecule has 0 saturated heterocycles. The summed E-state index contributed by atoms with van der Waals surface area (Å²) < 4.78 is 11.3. The van der Waals surface area contributed by atoms with Crippen molar-refractivity contribution < 1.29 is 14.3 Å². The quantitative estimate of drug-likeness (QED) is 0.267. The number of benzene rings is 3. The fourth-order valence-electron chi connectivity index (χ4n) is 6.51. The molecule has 1 fully saturated rings. The predicted molar refractivity (Wildman–Crippen MR) is 162 cm³/mol. The van der Waals surface area contributed by atoms with Crippen molar-refractivity contribution in [2.45, 2.75) is 64.1 Å². The minimum Gasteiger partial charge on any atom is -0.454 e. The molecule has 0 aromatic heterocycles. The second kappa shape index (κ2) is 12.9. The van der Waals surface area contributed by atoms with E-state index in [0.717, 1.165) is 69.2 Å². The molecule has 0 spiro atoms. The number of ether oxygens (including phenoxy) is 2. The third kappa shape index (κ3) is 6.48. The summed E-state index contributed by atoms with van der Waals surface area (Å²) in [5, 5.41) is 0. The molecule has 0 bridgehead atoms. The van der Waals surface area contributed by atoms with Crippen molar-refractivity contribution in [3.8, 4) is 11.5 Å². The number of hydrogen-bond acceptors (Lipinski definition) is 6. The SMILES string of the molecule is CCCCN1C(c2ccccc2)=NC(c2ccccc2)C1CN(Cc1ccc2c(c1)OCO2)CC1CCC(=O)CC1. The minimum absolute atomic E-state index is 0.0513. The van der Waals surface area contributed by atoms with Gasteiger partial charge in [-0.2, -0.15) is 0 Å². The van der Waals surface area contributed by atoms with Crippen LogP contribution >= 0.6 is 0 Å². The number of hydrogen-bond donors (Lipinski definition) is 0. The number of fused-ring (bicyclic) bond motifs is 1. The molecule has 3 aromatic carbocycles. The molecule has 0 radical (unpaired) electrons. The molecule has 3 aromatic rings. The minimum atomic E-state index is 0.0513. The maximum Gasteiger partial charge on any atom is 0.231 e. The summed E-state index contributed by atoms with van der Waals surface area (Å²) in [5.41, 5.74) is 3.66. The zero-order chi connectivity index (χ0) is 28.0. The fourth-order valence-corrected chi connectivity index (χ4v) is 6.51. The topological polar surface area (TPSA) is 54.4 Å². The molecule has 1 aliphatic carbocycles. The molecule has 6 heteroatoms. The van der Waals surface area contributed by atoms with Crippen LogP contribution in [0.1, 0.15) is 68.2 Å². The zero-order valence-electron chi connectivity index (χ0n) is 24.1. The molecule has 41 heavy (non-hydrogen) atoms.